The summed E-state index contributed by atoms with van der Waals surface area (Å²) in [4.78, 5) is 25.1. The lowest BCUT2D eigenvalue weighted by Gasteiger charge is -2.40. The molecule has 0 bridgehead atoms. The fraction of sp³-hybridized carbons (Fsp3) is 0.424. The first-order chi connectivity index (χ1) is 39.3. The molecular weight excluding hydrogens is 1110 g/mol. The molecule has 0 amide bonds. The summed E-state index contributed by atoms with van der Waals surface area (Å²) in [5, 5.41) is 0. The third-order valence-electron chi connectivity index (χ3n) is 14.2. The highest BCUT2D eigenvalue weighted by Gasteiger charge is 2.38. The molecule has 0 saturated carbocycles. The lowest BCUT2D eigenvalue weighted by Crippen LogP contribution is -2.45. The molecule has 6 aromatic rings. The van der Waals surface area contributed by atoms with Crippen LogP contribution in [0.5, 0.6) is 46.0 Å². The van der Waals surface area contributed by atoms with Gasteiger partial charge < -0.3 is 66.3 Å². The van der Waals surface area contributed by atoms with Crippen molar-refractivity contribution in [1.29, 1.82) is 0 Å². The van der Waals surface area contributed by atoms with E-state index in [1.54, 1.807) is 48.5 Å². The van der Waals surface area contributed by atoms with Gasteiger partial charge in [-0.05, 0) is 156 Å². The van der Waals surface area contributed by atoms with E-state index >= 15 is 0 Å². The molecule has 1 aliphatic carbocycles. The summed E-state index contributed by atoms with van der Waals surface area (Å²) in [5.74, 6) is 2.50. The molecular formula is C66H81F3O16. The lowest BCUT2D eigenvalue weighted by atomic mass is 9.84. The Balaban J connectivity index is 0.000000343. The third kappa shape index (κ3) is 19.6. The first-order valence-corrected chi connectivity index (χ1v) is 26.8. The Morgan fingerprint density at radius 1 is 0.506 bits per heavy atom. The highest BCUT2D eigenvalue weighted by Crippen LogP contribution is 2.47. The summed E-state index contributed by atoms with van der Waals surface area (Å²) in [6.45, 7) is 13.4. The first-order valence-electron chi connectivity index (χ1n) is 26.8. The van der Waals surface area contributed by atoms with Gasteiger partial charge in [-0.3, -0.25) is 0 Å². The van der Waals surface area contributed by atoms with E-state index in [9.17, 15) is 22.8 Å². The molecule has 462 valence electrons. The number of halogens is 3. The first kappa shape index (κ1) is 68.4. The Labute approximate surface area is 497 Å². The zero-order valence-corrected chi connectivity index (χ0v) is 45.3. The normalized spacial score (nSPS) is 16.1. The summed E-state index contributed by atoms with van der Waals surface area (Å²) in [6, 6.07) is 37.0. The van der Waals surface area contributed by atoms with Gasteiger partial charge in [0, 0.05) is 29.8 Å². The maximum Gasteiger partial charge on any atom is 0.573 e. The molecule has 85 heavy (non-hydrogen) atoms. The molecule has 4 aliphatic rings. The minimum Gasteiger partial charge on any atom is -0.494 e. The van der Waals surface area contributed by atoms with E-state index in [0.717, 1.165) is 86.7 Å². The second-order valence-electron chi connectivity index (χ2n) is 20.1. The van der Waals surface area contributed by atoms with Crippen molar-refractivity contribution in [3.8, 4) is 57.1 Å². The van der Waals surface area contributed by atoms with Gasteiger partial charge in [-0.15, -0.1) is 13.2 Å². The molecule has 0 spiro atoms. The van der Waals surface area contributed by atoms with Crippen molar-refractivity contribution in [2.45, 2.75) is 88.1 Å². The second-order valence-corrected chi connectivity index (χ2v) is 20.1. The van der Waals surface area contributed by atoms with Gasteiger partial charge >= 0.3 is 18.3 Å². The molecule has 2 atom stereocenters. The Morgan fingerprint density at radius 2 is 0.906 bits per heavy atom. The van der Waals surface area contributed by atoms with Crippen LogP contribution in [-0.4, -0.2) is 111 Å². The van der Waals surface area contributed by atoms with E-state index in [4.69, 9.17) is 61.6 Å². The predicted octanol–water partition coefficient (Wildman–Crippen LogP) is 14.5. The number of hydrogen-bond donors (Lipinski definition) is 0. The maximum atomic E-state index is 13.0. The molecule has 3 saturated heterocycles. The zero-order valence-electron chi connectivity index (χ0n) is 45.3. The van der Waals surface area contributed by atoms with E-state index in [2.05, 4.69) is 31.6 Å². The number of carbonyl (C=O) groups excluding carboxylic acids is 2. The van der Waals surface area contributed by atoms with Crippen molar-refractivity contribution in [2.75, 3.05) is 86.4 Å². The Kier molecular flexibility index (Phi) is 25.9. The van der Waals surface area contributed by atoms with Crippen LogP contribution in [0.15, 0.2) is 133 Å². The summed E-state index contributed by atoms with van der Waals surface area (Å²) in [6.07, 6.45) is -1.77. The molecule has 3 fully saturated rings. The smallest absolute Gasteiger partial charge is 0.494 e. The van der Waals surface area contributed by atoms with Crippen LogP contribution in [-0.2, 0) is 28.4 Å². The SMILES string of the molecule is C.C.C.C.CCC1(COCOc2ccc(OCOc3ccc4c(c3)C(C)c3cc(OC(=O)c5ccc(OCOCC6(CC)COC6)cc5)ccc3-4)cc2)COC1.O=C(Oc1ccc(OC(F)(F)F)cc1)c1ccc(OCCCOCC2CO2)cc1. The number of alkyl halides is 3. The van der Waals surface area contributed by atoms with E-state index in [1.807, 2.05) is 54.6 Å². The average Bonchev–Trinajstić information content (AvgIpc) is 1.97. The number of epoxide rings is 1. The summed E-state index contributed by atoms with van der Waals surface area (Å²) in [7, 11) is 0. The van der Waals surface area contributed by atoms with Crippen LogP contribution in [0.1, 0.15) is 108 Å². The van der Waals surface area contributed by atoms with E-state index in [0.29, 0.717) is 73.1 Å². The van der Waals surface area contributed by atoms with Crippen LogP contribution in [0.3, 0.4) is 0 Å². The fourth-order valence-electron chi connectivity index (χ4n) is 8.85. The van der Waals surface area contributed by atoms with Gasteiger partial charge in [0.05, 0.1) is 70.6 Å². The van der Waals surface area contributed by atoms with Crippen LogP contribution in [0.4, 0.5) is 13.2 Å². The molecule has 2 unspecified atom stereocenters. The van der Waals surface area contributed by atoms with Crippen molar-refractivity contribution < 1.29 is 89.1 Å². The van der Waals surface area contributed by atoms with Gasteiger partial charge in [-0.1, -0.05) is 62.6 Å². The van der Waals surface area contributed by atoms with Gasteiger partial charge in [0.25, 0.3) is 0 Å². The van der Waals surface area contributed by atoms with E-state index in [1.165, 1.54) is 12.1 Å². The van der Waals surface area contributed by atoms with Gasteiger partial charge in [0.1, 0.15) is 52.1 Å². The van der Waals surface area contributed by atoms with Crippen LogP contribution >= 0.6 is 0 Å². The zero-order chi connectivity index (χ0) is 56.7. The van der Waals surface area contributed by atoms with Crippen molar-refractivity contribution >= 4 is 11.9 Å². The van der Waals surface area contributed by atoms with Crippen molar-refractivity contribution in [2.24, 2.45) is 10.8 Å². The largest absolute Gasteiger partial charge is 0.573 e. The van der Waals surface area contributed by atoms with E-state index in [-0.39, 0.29) is 84.3 Å². The summed E-state index contributed by atoms with van der Waals surface area (Å²) < 4.78 is 112. The standard InChI is InChI=1S/C42H46O10.C20H19F3O6.4CH4/c1-4-41(20-44-21-41)24-46-26-48-31-8-6-30(7-9-31)40(43)52-35-15-17-37-36-16-14-34(18-38(36)29(3)39(37)19-35)51-28-50-33-12-10-32(11-13-33)49-27-47-25-42(5-2)22-45-23-42;21-20(22,23)29-17-8-6-16(7-9-17)28-19(24)14-2-4-15(5-3-14)26-11-1-10-25-12-18-13-27-18;;;;/h6-19,29H,4-5,20-28H2,1-3H3;2-9,18H,1,10-13H2;4*1H4. The number of carbonyl (C=O) groups is 2. The molecule has 19 heteroatoms. The van der Waals surface area contributed by atoms with Crippen molar-refractivity contribution in [1.82, 2.24) is 0 Å². The number of hydrogen-bond acceptors (Lipinski definition) is 16. The molecule has 3 heterocycles. The molecule has 0 radical (unpaired) electrons. The van der Waals surface area contributed by atoms with Crippen molar-refractivity contribution in [3.63, 3.8) is 0 Å². The third-order valence-corrected chi connectivity index (χ3v) is 14.2. The van der Waals surface area contributed by atoms with Crippen LogP contribution in [0.25, 0.3) is 11.1 Å². The van der Waals surface area contributed by atoms with Crippen LogP contribution in [0, 0.1) is 10.8 Å². The number of esters is 2. The molecule has 3 aliphatic heterocycles. The highest BCUT2D eigenvalue weighted by molar-refractivity contribution is 5.92. The lowest BCUT2D eigenvalue weighted by molar-refractivity contribution is -0.274. The monoisotopic (exact) mass is 1190 g/mol. The molecule has 6 aromatic carbocycles. The quantitative estimate of drug-likeness (QED) is 0.0149. The number of rotatable bonds is 28. The van der Waals surface area contributed by atoms with Crippen molar-refractivity contribution in [3.05, 3.63) is 156 Å². The van der Waals surface area contributed by atoms with Gasteiger partial charge in [0.15, 0.2) is 13.6 Å². The summed E-state index contributed by atoms with van der Waals surface area (Å²) in [5.41, 5.74) is 5.41. The predicted molar refractivity (Wildman–Crippen MR) is 315 cm³/mol. The number of fused-ring (bicyclic) bond motifs is 3. The number of benzene rings is 6. The Morgan fingerprint density at radius 3 is 1.36 bits per heavy atom. The summed E-state index contributed by atoms with van der Waals surface area (Å²) >= 11 is 0. The Bertz CT molecular complexity index is 2970. The molecule has 0 aromatic heterocycles. The molecule has 16 nitrogen and oxygen atoms in total. The van der Waals surface area contributed by atoms with Gasteiger partial charge in [-0.25, -0.2) is 9.59 Å². The average molecular weight is 1190 g/mol. The topological polar surface area (TPSA) is 167 Å². The second kappa shape index (κ2) is 32.2. The fourth-order valence-corrected chi connectivity index (χ4v) is 8.85. The van der Waals surface area contributed by atoms with Crippen LogP contribution < -0.4 is 37.9 Å². The molecule has 10 rings (SSSR count). The number of ether oxygens (including phenoxy) is 14. The van der Waals surface area contributed by atoms with Gasteiger partial charge in [0.2, 0.25) is 6.79 Å². The molecule has 0 N–H and O–H groups in total. The highest BCUT2D eigenvalue weighted by atomic mass is 19.4. The minimum atomic E-state index is -4.78. The minimum absolute atomic E-state index is 0. The Hall–Kier alpha value is -7.39. The van der Waals surface area contributed by atoms with Gasteiger partial charge in [-0.2, -0.15) is 0 Å². The van der Waals surface area contributed by atoms with Crippen LogP contribution in [0.2, 0.25) is 0 Å². The van der Waals surface area contributed by atoms with E-state index < -0.39 is 24.1 Å². The maximum absolute atomic E-state index is 13.0.